The fraction of sp³-hybridized carbons (Fsp3) is 0.429. The van der Waals surface area contributed by atoms with Crippen molar-refractivity contribution in [3.8, 4) is 5.88 Å². The smallest absolute Gasteiger partial charge is 0.192 e. The van der Waals surface area contributed by atoms with Crippen molar-refractivity contribution in [2.24, 2.45) is 0 Å². The van der Waals surface area contributed by atoms with E-state index in [4.69, 9.17) is 0 Å². The predicted molar refractivity (Wildman–Crippen MR) is 67.4 cm³/mol. The zero-order chi connectivity index (χ0) is 11.4. The van der Waals surface area contributed by atoms with Crippen LogP contribution in [0, 0.1) is 0 Å². The van der Waals surface area contributed by atoms with Crippen molar-refractivity contribution in [1.82, 2.24) is 10.3 Å². The van der Waals surface area contributed by atoms with Crippen LogP contribution >= 0.6 is 0 Å². The molecule has 3 heteroatoms. The van der Waals surface area contributed by atoms with Crippen LogP contribution in [0.2, 0.25) is 0 Å². The Balaban J connectivity index is 2.01. The molecule has 2 atom stereocenters. The lowest BCUT2D eigenvalue weighted by Gasteiger charge is -2.36. The van der Waals surface area contributed by atoms with Crippen molar-refractivity contribution in [3.05, 3.63) is 29.3 Å². The minimum Gasteiger partial charge on any atom is -0.494 e. The van der Waals surface area contributed by atoms with Crippen LogP contribution in [0.5, 0.6) is 5.88 Å². The fourth-order valence-electron chi connectivity index (χ4n) is 3.60. The van der Waals surface area contributed by atoms with Gasteiger partial charge in [0, 0.05) is 28.4 Å². The van der Waals surface area contributed by atoms with E-state index in [1.54, 1.807) is 0 Å². The molecule has 0 amide bonds. The maximum atomic E-state index is 10.00. The Morgan fingerprint density at radius 3 is 3.18 bits per heavy atom. The van der Waals surface area contributed by atoms with E-state index in [1.807, 2.05) is 0 Å². The summed E-state index contributed by atoms with van der Waals surface area (Å²) in [5.41, 5.74) is 3.60. The molecule has 0 spiro atoms. The number of H-pyrrole nitrogens is 1. The van der Waals surface area contributed by atoms with Crippen LogP contribution in [0.1, 0.15) is 29.9 Å². The molecule has 88 valence electrons. The standard InChI is InChI=1S/C14H16N2O/c17-14-10-7-12-8(4-2-6-15-12)9-3-1-5-11(16-14)13(9)10/h1,3,5,8,12,15-17H,2,4,6-7H2/t8?,12-/m1/s1. The number of aromatic nitrogens is 1. The van der Waals surface area contributed by atoms with Crippen molar-refractivity contribution in [3.63, 3.8) is 0 Å². The van der Waals surface area contributed by atoms with Gasteiger partial charge in [-0.05, 0) is 37.4 Å². The van der Waals surface area contributed by atoms with E-state index in [2.05, 4.69) is 28.5 Å². The Kier molecular flexibility index (Phi) is 1.83. The second-order valence-corrected chi connectivity index (χ2v) is 5.24. The van der Waals surface area contributed by atoms with E-state index in [0.29, 0.717) is 17.8 Å². The van der Waals surface area contributed by atoms with Crippen LogP contribution in [0.25, 0.3) is 10.9 Å². The number of fused-ring (bicyclic) bond motifs is 2. The maximum Gasteiger partial charge on any atom is 0.192 e. The average molecular weight is 228 g/mol. The van der Waals surface area contributed by atoms with Gasteiger partial charge >= 0.3 is 0 Å². The summed E-state index contributed by atoms with van der Waals surface area (Å²) < 4.78 is 0. The molecule has 1 aliphatic heterocycles. The topological polar surface area (TPSA) is 48.0 Å². The van der Waals surface area contributed by atoms with Gasteiger partial charge < -0.3 is 15.4 Å². The van der Waals surface area contributed by atoms with Crippen molar-refractivity contribution in [2.45, 2.75) is 31.2 Å². The Morgan fingerprint density at radius 1 is 1.29 bits per heavy atom. The largest absolute Gasteiger partial charge is 0.494 e. The minimum absolute atomic E-state index is 0.360. The summed E-state index contributed by atoms with van der Waals surface area (Å²) in [6, 6.07) is 6.87. The number of aromatic hydroxyl groups is 1. The molecule has 1 unspecified atom stereocenters. The zero-order valence-corrected chi connectivity index (χ0v) is 9.66. The van der Waals surface area contributed by atoms with Gasteiger partial charge in [-0.1, -0.05) is 12.1 Å². The second kappa shape index (κ2) is 3.26. The van der Waals surface area contributed by atoms with E-state index < -0.39 is 0 Å². The third-order valence-electron chi connectivity index (χ3n) is 4.35. The molecule has 1 aromatic heterocycles. The average Bonchev–Trinajstić information content (AvgIpc) is 2.68. The van der Waals surface area contributed by atoms with E-state index in [9.17, 15) is 5.11 Å². The van der Waals surface area contributed by atoms with Crippen LogP contribution in [-0.4, -0.2) is 22.7 Å². The summed E-state index contributed by atoms with van der Waals surface area (Å²) in [5.74, 6) is 0.980. The van der Waals surface area contributed by atoms with Gasteiger partial charge in [0.05, 0.1) is 0 Å². The highest BCUT2D eigenvalue weighted by molar-refractivity contribution is 5.90. The van der Waals surface area contributed by atoms with Gasteiger partial charge in [-0.3, -0.25) is 0 Å². The van der Waals surface area contributed by atoms with Crippen LogP contribution in [0.3, 0.4) is 0 Å². The molecular weight excluding hydrogens is 212 g/mol. The lowest BCUT2D eigenvalue weighted by atomic mass is 9.76. The summed E-state index contributed by atoms with van der Waals surface area (Å²) in [4.78, 5) is 3.10. The quantitative estimate of drug-likeness (QED) is 0.647. The second-order valence-electron chi connectivity index (χ2n) is 5.24. The van der Waals surface area contributed by atoms with Crippen molar-refractivity contribution >= 4 is 10.9 Å². The number of rotatable bonds is 0. The molecule has 2 heterocycles. The van der Waals surface area contributed by atoms with Gasteiger partial charge in [-0.25, -0.2) is 0 Å². The molecule has 0 radical (unpaired) electrons. The van der Waals surface area contributed by atoms with Crippen LogP contribution in [0.15, 0.2) is 18.2 Å². The molecule has 0 saturated carbocycles. The van der Waals surface area contributed by atoms with Crippen molar-refractivity contribution in [2.75, 3.05) is 6.54 Å². The summed E-state index contributed by atoms with van der Waals surface area (Å²) >= 11 is 0. The molecule has 1 fully saturated rings. The van der Waals surface area contributed by atoms with Crippen LogP contribution in [0.4, 0.5) is 0 Å². The Bertz CT molecular complexity index is 587. The Hall–Kier alpha value is -1.48. The zero-order valence-electron chi connectivity index (χ0n) is 9.66. The number of hydrogen-bond donors (Lipinski definition) is 3. The molecule has 2 aliphatic rings. The monoisotopic (exact) mass is 228 g/mol. The van der Waals surface area contributed by atoms with Crippen molar-refractivity contribution < 1.29 is 5.11 Å². The molecule has 3 nitrogen and oxygen atoms in total. The number of benzene rings is 1. The molecule has 1 saturated heterocycles. The van der Waals surface area contributed by atoms with E-state index in [1.165, 1.54) is 23.8 Å². The molecule has 2 aromatic rings. The lowest BCUT2D eigenvalue weighted by molar-refractivity contribution is 0.340. The molecule has 17 heavy (non-hydrogen) atoms. The van der Waals surface area contributed by atoms with E-state index >= 15 is 0 Å². The summed E-state index contributed by atoms with van der Waals surface area (Å²) in [7, 11) is 0. The molecule has 1 aromatic carbocycles. The predicted octanol–water partition coefficient (Wildman–Crippen LogP) is 2.27. The van der Waals surface area contributed by atoms with Gasteiger partial charge in [0.25, 0.3) is 0 Å². The normalized spacial score (nSPS) is 27.1. The maximum absolute atomic E-state index is 10.00. The first-order valence-electron chi connectivity index (χ1n) is 6.40. The number of piperidine rings is 1. The molecule has 3 N–H and O–H groups in total. The first-order valence-corrected chi connectivity index (χ1v) is 6.40. The molecule has 1 aliphatic carbocycles. The van der Waals surface area contributed by atoms with Gasteiger partial charge in [0.15, 0.2) is 5.88 Å². The summed E-state index contributed by atoms with van der Waals surface area (Å²) in [6.45, 7) is 1.11. The van der Waals surface area contributed by atoms with Crippen LogP contribution in [-0.2, 0) is 6.42 Å². The van der Waals surface area contributed by atoms with E-state index in [-0.39, 0.29) is 0 Å². The number of nitrogens with one attached hydrogen (secondary N) is 2. The third-order valence-corrected chi connectivity index (χ3v) is 4.35. The summed E-state index contributed by atoms with van der Waals surface area (Å²) in [5, 5.41) is 14.9. The highest BCUT2D eigenvalue weighted by Crippen LogP contribution is 2.43. The highest BCUT2D eigenvalue weighted by atomic mass is 16.3. The Morgan fingerprint density at radius 2 is 2.24 bits per heavy atom. The van der Waals surface area contributed by atoms with Gasteiger partial charge in [-0.2, -0.15) is 0 Å². The van der Waals surface area contributed by atoms with Gasteiger partial charge in [0.2, 0.25) is 0 Å². The molecular formula is C14H16N2O. The van der Waals surface area contributed by atoms with E-state index in [0.717, 1.165) is 24.0 Å². The third kappa shape index (κ3) is 1.20. The fourth-order valence-corrected chi connectivity index (χ4v) is 3.60. The first-order chi connectivity index (χ1) is 8.34. The first kappa shape index (κ1) is 9.54. The number of aromatic amines is 1. The Labute approximate surface area is 99.8 Å². The lowest BCUT2D eigenvalue weighted by Crippen LogP contribution is -2.43. The number of hydrogen-bond acceptors (Lipinski definition) is 2. The van der Waals surface area contributed by atoms with Gasteiger partial charge in [0.1, 0.15) is 0 Å². The van der Waals surface area contributed by atoms with Gasteiger partial charge in [-0.15, -0.1) is 0 Å². The van der Waals surface area contributed by atoms with Crippen molar-refractivity contribution in [1.29, 1.82) is 0 Å². The molecule has 0 bridgehead atoms. The SMILES string of the molecule is Oc1[nH]c2cccc3c2c1C[C@H]1NCCCC31. The minimum atomic E-state index is 0.360. The summed E-state index contributed by atoms with van der Waals surface area (Å²) in [6.07, 6.45) is 3.47. The highest BCUT2D eigenvalue weighted by Gasteiger charge is 2.34. The molecule has 4 rings (SSSR count). The van der Waals surface area contributed by atoms with Crippen LogP contribution < -0.4 is 5.32 Å².